The predicted octanol–water partition coefficient (Wildman–Crippen LogP) is 1.31. The van der Waals surface area contributed by atoms with Gasteiger partial charge in [-0.15, -0.1) is 0 Å². The van der Waals surface area contributed by atoms with Crippen LogP contribution in [0.25, 0.3) is 0 Å². The molecule has 0 radical (unpaired) electrons. The first-order valence-electron chi connectivity index (χ1n) is 7.61. The van der Waals surface area contributed by atoms with E-state index in [4.69, 9.17) is 9.47 Å². The molecule has 2 amide bonds. The second kappa shape index (κ2) is 8.50. The normalized spacial score (nSPS) is 14.5. The van der Waals surface area contributed by atoms with Crippen molar-refractivity contribution < 1.29 is 19.1 Å². The molecule has 1 aliphatic rings. The zero-order valence-corrected chi connectivity index (χ0v) is 13.6. The van der Waals surface area contributed by atoms with Crippen molar-refractivity contribution in [1.82, 2.24) is 4.90 Å². The summed E-state index contributed by atoms with van der Waals surface area (Å²) in [4.78, 5) is 26.0. The average molecular weight is 321 g/mol. The van der Waals surface area contributed by atoms with Crippen LogP contribution in [0.15, 0.2) is 18.2 Å². The fourth-order valence-corrected chi connectivity index (χ4v) is 2.51. The van der Waals surface area contributed by atoms with Crippen LogP contribution in [0.3, 0.4) is 0 Å². The van der Waals surface area contributed by atoms with E-state index >= 15 is 0 Å². The van der Waals surface area contributed by atoms with Crippen molar-refractivity contribution in [2.45, 2.75) is 12.8 Å². The van der Waals surface area contributed by atoms with Crippen LogP contribution in [-0.4, -0.2) is 57.2 Å². The van der Waals surface area contributed by atoms with E-state index in [1.54, 1.807) is 25.3 Å². The van der Waals surface area contributed by atoms with E-state index in [-0.39, 0.29) is 18.4 Å². The number of carbonyl (C=O) groups is 2. The van der Waals surface area contributed by atoms with Gasteiger partial charge in [0.1, 0.15) is 12.4 Å². The van der Waals surface area contributed by atoms with Crippen LogP contribution in [0.1, 0.15) is 12.8 Å². The molecule has 0 aliphatic carbocycles. The number of amides is 2. The largest absolute Gasteiger partial charge is 0.497 e. The highest BCUT2D eigenvalue weighted by atomic mass is 16.5. The molecule has 1 saturated heterocycles. The maximum Gasteiger partial charge on any atom is 0.250 e. The summed E-state index contributed by atoms with van der Waals surface area (Å²) in [7, 11) is 3.00. The zero-order chi connectivity index (χ0) is 16.7. The molecule has 1 aromatic carbocycles. The molecule has 2 N–H and O–H groups in total. The minimum atomic E-state index is -0.285. The summed E-state index contributed by atoms with van der Waals surface area (Å²) in [5, 5.41) is 5.56. The van der Waals surface area contributed by atoms with Gasteiger partial charge in [-0.3, -0.25) is 14.5 Å². The molecule has 2 rings (SSSR count). The highest BCUT2D eigenvalue weighted by Crippen LogP contribution is 2.27. The number of likely N-dealkylation sites (tertiary alicyclic amines) is 1. The van der Waals surface area contributed by atoms with Gasteiger partial charge in [0.05, 0.1) is 25.0 Å². The Kier molecular flexibility index (Phi) is 6.37. The smallest absolute Gasteiger partial charge is 0.250 e. The number of rotatable bonds is 7. The summed E-state index contributed by atoms with van der Waals surface area (Å²) >= 11 is 0. The van der Waals surface area contributed by atoms with Crippen LogP contribution < -0.4 is 15.4 Å². The number of hydrogen-bond donors (Lipinski definition) is 2. The van der Waals surface area contributed by atoms with Gasteiger partial charge in [-0.1, -0.05) is 0 Å². The summed E-state index contributed by atoms with van der Waals surface area (Å²) in [6, 6.07) is 5.10. The first-order chi connectivity index (χ1) is 11.1. The summed E-state index contributed by atoms with van der Waals surface area (Å²) in [5.41, 5.74) is 1.03. The monoisotopic (exact) mass is 321 g/mol. The Balaban J connectivity index is 2.06. The molecule has 0 atom stereocenters. The van der Waals surface area contributed by atoms with Crippen LogP contribution in [0.5, 0.6) is 5.75 Å². The molecular formula is C16H23N3O4. The Morgan fingerprint density at radius 2 is 1.78 bits per heavy atom. The van der Waals surface area contributed by atoms with E-state index in [1.165, 1.54) is 7.11 Å². The molecule has 23 heavy (non-hydrogen) atoms. The van der Waals surface area contributed by atoms with Crippen molar-refractivity contribution in [1.29, 1.82) is 0 Å². The first-order valence-corrected chi connectivity index (χ1v) is 7.61. The number of methoxy groups -OCH3 is 2. The van der Waals surface area contributed by atoms with E-state index in [1.807, 2.05) is 0 Å². The molecule has 7 heteroatoms. The van der Waals surface area contributed by atoms with Gasteiger partial charge in [-0.25, -0.2) is 0 Å². The second-order valence-corrected chi connectivity index (χ2v) is 5.42. The fraction of sp³-hybridized carbons (Fsp3) is 0.500. The third kappa shape index (κ3) is 5.22. The minimum absolute atomic E-state index is 0.0484. The molecule has 0 saturated carbocycles. The summed E-state index contributed by atoms with van der Waals surface area (Å²) in [6.07, 6.45) is 2.26. The molecule has 1 fully saturated rings. The topological polar surface area (TPSA) is 79.9 Å². The highest BCUT2D eigenvalue weighted by Gasteiger charge is 2.17. The van der Waals surface area contributed by atoms with Crippen LogP contribution in [0.2, 0.25) is 0 Å². The van der Waals surface area contributed by atoms with Gasteiger partial charge in [0.2, 0.25) is 11.8 Å². The molecule has 1 aromatic rings. The lowest BCUT2D eigenvalue weighted by Gasteiger charge is -2.17. The van der Waals surface area contributed by atoms with Gasteiger partial charge in [0.15, 0.2) is 0 Å². The van der Waals surface area contributed by atoms with Crippen LogP contribution in [0, 0.1) is 0 Å². The van der Waals surface area contributed by atoms with Gasteiger partial charge < -0.3 is 20.1 Å². The van der Waals surface area contributed by atoms with Crippen molar-refractivity contribution in [3.8, 4) is 5.75 Å². The van der Waals surface area contributed by atoms with Crippen molar-refractivity contribution >= 4 is 23.2 Å². The van der Waals surface area contributed by atoms with E-state index < -0.39 is 0 Å². The van der Waals surface area contributed by atoms with Crippen LogP contribution in [0.4, 0.5) is 11.4 Å². The number of hydrogen-bond acceptors (Lipinski definition) is 5. The van der Waals surface area contributed by atoms with Gasteiger partial charge in [0, 0.05) is 13.2 Å². The number of nitrogens with zero attached hydrogens (tertiary/aromatic N) is 1. The van der Waals surface area contributed by atoms with Crippen molar-refractivity contribution in [2.75, 3.05) is 51.1 Å². The third-order valence-corrected chi connectivity index (χ3v) is 3.62. The van der Waals surface area contributed by atoms with Gasteiger partial charge in [-0.2, -0.15) is 0 Å². The lowest BCUT2D eigenvalue weighted by Crippen LogP contribution is -2.31. The van der Waals surface area contributed by atoms with Gasteiger partial charge >= 0.3 is 0 Å². The lowest BCUT2D eigenvalue weighted by molar-refractivity contribution is -0.120. The Morgan fingerprint density at radius 1 is 1.09 bits per heavy atom. The Labute approximate surface area is 135 Å². The maximum absolute atomic E-state index is 12.2. The molecular weight excluding hydrogens is 298 g/mol. The molecule has 0 bridgehead atoms. The van der Waals surface area contributed by atoms with Crippen LogP contribution >= 0.6 is 0 Å². The summed E-state index contributed by atoms with van der Waals surface area (Å²) in [5.74, 6) is 0.210. The van der Waals surface area contributed by atoms with Gasteiger partial charge in [0.25, 0.3) is 0 Å². The van der Waals surface area contributed by atoms with Crippen molar-refractivity contribution in [3.05, 3.63) is 18.2 Å². The standard InChI is InChI=1S/C16H23N3O4/c1-22-11-16(21)17-13-6-5-12(23-2)9-14(13)18-15(20)10-19-7-3-4-8-19/h5-6,9H,3-4,7-8,10-11H2,1-2H3,(H,17,21)(H,18,20). The third-order valence-electron chi connectivity index (χ3n) is 3.62. The lowest BCUT2D eigenvalue weighted by atomic mass is 10.2. The Morgan fingerprint density at radius 3 is 2.43 bits per heavy atom. The van der Waals surface area contributed by atoms with Crippen molar-refractivity contribution in [2.24, 2.45) is 0 Å². The Bertz CT molecular complexity index is 556. The molecule has 0 unspecified atom stereocenters. The van der Waals surface area contributed by atoms with Crippen molar-refractivity contribution in [3.63, 3.8) is 0 Å². The summed E-state index contributed by atoms with van der Waals surface area (Å²) in [6.45, 7) is 2.20. The predicted molar refractivity (Wildman–Crippen MR) is 87.8 cm³/mol. The first kappa shape index (κ1) is 17.2. The van der Waals surface area contributed by atoms with Crippen LogP contribution in [-0.2, 0) is 14.3 Å². The molecule has 1 aliphatic heterocycles. The van der Waals surface area contributed by atoms with Gasteiger partial charge in [-0.05, 0) is 38.1 Å². The SMILES string of the molecule is COCC(=O)Nc1ccc(OC)cc1NC(=O)CN1CCCC1. The number of anilines is 2. The van der Waals surface area contributed by atoms with E-state index in [0.717, 1.165) is 25.9 Å². The van der Waals surface area contributed by atoms with E-state index in [2.05, 4.69) is 15.5 Å². The minimum Gasteiger partial charge on any atom is -0.497 e. The number of carbonyl (C=O) groups excluding carboxylic acids is 2. The quantitative estimate of drug-likeness (QED) is 0.791. The number of nitrogens with one attached hydrogen (secondary N) is 2. The number of ether oxygens (including phenoxy) is 2. The number of benzene rings is 1. The molecule has 0 aromatic heterocycles. The Hall–Kier alpha value is -2.12. The molecule has 7 nitrogen and oxygen atoms in total. The highest BCUT2D eigenvalue weighted by molar-refractivity contribution is 6.00. The molecule has 0 spiro atoms. The fourth-order valence-electron chi connectivity index (χ4n) is 2.51. The molecule has 1 heterocycles. The molecule has 126 valence electrons. The van der Waals surface area contributed by atoms with E-state index in [9.17, 15) is 9.59 Å². The average Bonchev–Trinajstić information content (AvgIpc) is 3.02. The maximum atomic E-state index is 12.2. The zero-order valence-electron chi connectivity index (χ0n) is 13.6. The second-order valence-electron chi connectivity index (χ2n) is 5.42. The summed E-state index contributed by atoms with van der Waals surface area (Å²) < 4.78 is 9.98. The van der Waals surface area contributed by atoms with E-state index in [0.29, 0.717) is 23.7 Å².